The van der Waals surface area contributed by atoms with E-state index < -0.39 is 26.5 Å². The van der Waals surface area contributed by atoms with E-state index in [1.165, 1.54) is 45.4 Å². The zero-order valence-corrected chi connectivity index (χ0v) is 42.8. The average Bonchev–Trinajstić information content (AvgIpc) is 3.17. The van der Waals surface area contributed by atoms with Crippen molar-refractivity contribution in [3.63, 3.8) is 0 Å². The molecule has 6 aliphatic carbocycles. The number of aliphatic carboxylic acids is 2. The van der Waals surface area contributed by atoms with Gasteiger partial charge in [0, 0.05) is 33.4 Å². The van der Waals surface area contributed by atoms with E-state index >= 15 is 0 Å². The Kier molecular flexibility index (Phi) is 27.6. The Morgan fingerprint density at radius 2 is 0.517 bits per heavy atom. The molecule has 0 unspecified atom stereocenters. The van der Waals surface area contributed by atoms with Crippen molar-refractivity contribution < 1.29 is 40.2 Å². The van der Waals surface area contributed by atoms with Crippen LogP contribution in [0.15, 0.2) is 0 Å². The molecule has 0 heterocycles. The molecule has 6 saturated carbocycles. The first-order chi connectivity index (χ1) is 27.0. The van der Waals surface area contributed by atoms with Crippen LogP contribution in [0, 0.1) is 11.3 Å². The van der Waals surface area contributed by atoms with Gasteiger partial charge in [0.05, 0.1) is 50.3 Å². The number of carbonyl (C=O) groups excluding carboxylic acids is 2. The van der Waals surface area contributed by atoms with Gasteiger partial charge in [0.25, 0.3) is 0 Å². The molecule has 0 amide bonds. The van der Waals surface area contributed by atoms with Crippen LogP contribution >= 0.6 is 14.5 Å². The SMILES string of the molecule is CC#N.CC(=O)[O-].CC(=O)[O-].CC(C)(C)[P+](C1CCCCC1)(C1CCCCC1)C1CCCCC1.CC(C)(C)[P+](C1CCCCC1)(C1CCCCC1)C1CCCCC1.[Pd+2]. The number of carboxylic acids is 2. The maximum Gasteiger partial charge on any atom is 2.00 e. The number of nitriles is 1. The fourth-order valence-corrected chi connectivity index (χ4v) is 31.6. The predicted octanol–water partition coefficient (Wildman–Crippen LogP) is 13.6. The van der Waals surface area contributed by atoms with Gasteiger partial charge in [0.2, 0.25) is 0 Å². The molecule has 0 aromatic rings. The smallest absolute Gasteiger partial charge is 0.550 e. The average molecular weight is 941 g/mol. The number of hydrogen-bond donors (Lipinski definition) is 0. The topological polar surface area (TPSA) is 104 Å². The minimum atomic E-state index is -1.08. The second-order valence-electron chi connectivity index (χ2n) is 21.0. The summed E-state index contributed by atoms with van der Waals surface area (Å²) in [6, 6.07) is 1.75. The van der Waals surface area contributed by atoms with E-state index in [1.807, 2.05) is 0 Å². The van der Waals surface area contributed by atoms with Crippen molar-refractivity contribution in [1.82, 2.24) is 0 Å². The van der Waals surface area contributed by atoms with Crippen LogP contribution in [0.4, 0.5) is 0 Å². The van der Waals surface area contributed by atoms with Crippen molar-refractivity contribution in [2.45, 2.75) is 299 Å². The Morgan fingerprint density at radius 3 is 0.603 bits per heavy atom. The fourth-order valence-electron chi connectivity index (χ4n) is 14.1. The molecule has 6 aliphatic rings. The molecule has 0 aromatic heterocycles. The van der Waals surface area contributed by atoms with Crippen LogP contribution in [0.3, 0.4) is 0 Å². The number of carbonyl (C=O) groups is 2. The molecular weight excluding hydrogens is 847 g/mol. The van der Waals surface area contributed by atoms with E-state index in [2.05, 4.69) is 41.5 Å². The Labute approximate surface area is 375 Å². The zero-order chi connectivity index (χ0) is 42.5. The van der Waals surface area contributed by atoms with Crippen molar-refractivity contribution in [2.24, 2.45) is 0 Å². The molecule has 6 rings (SSSR count). The monoisotopic (exact) mass is 940 g/mol. The molecule has 0 radical (unpaired) electrons. The van der Waals surface area contributed by atoms with Crippen LogP contribution < -0.4 is 10.2 Å². The predicted molar refractivity (Wildman–Crippen MR) is 247 cm³/mol. The number of hydrogen-bond acceptors (Lipinski definition) is 5. The van der Waals surface area contributed by atoms with Crippen LogP contribution in [0.5, 0.6) is 0 Å². The first kappa shape index (κ1) is 56.0. The normalized spacial score (nSPS) is 22.6. The third-order valence-electron chi connectivity index (χ3n) is 15.4. The van der Waals surface area contributed by atoms with Gasteiger partial charge in [0.1, 0.15) is 0 Å². The molecule has 8 heteroatoms. The van der Waals surface area contributed by atoms with E-state index in [0.717, 1.165) is 47.8 Å². The summed E-state index contributed by atoms with van der Waals surface area (Å²) < 4.78 is 0. The van der Waals surface area contributed by atoms with Gasteiger partial charge in [-0.15, -0.1) is 0 Å². The minimum Gasteiger partial charge on any atom is -0.550 e. The van der Waals surface area contributed by atoms with Gasteiger partial charge in [-0.3, -0.25) is 0 Å². The van der Waals surface area contributed by atoms with E-state index in [0.29, 0.717) is 10.3 Å². The summed E-state index contributed by atoms with van der Waals surface area (Å²) >= 11 is 0. The number of carboxylic acid groups (broad SMARTS) is 2. The van der Waals surface area contributed by atoms with Gasteiger partial charge in [-0.25, -0.2) is 0 Å². The Hall–Kier alpha value is -0.0477. The van der Waals surface area contributed by atoms with E-state index in [-0.39, 0.29) is 20.4 Å². The van der Waals surface area contributed by atoms with Crippen molar-refractivity contribution in [3.8, 4) is 6.07 Å². The van der Waals surface area contributed by atoms with Gasteiger partial charge in [-0.1, -0.05) is 38.5 Å². The van der Waals surface area contributed by atoms with Gasteiger partial charge < -0.3 is 19.8 Å². The molecular formula is C50H93NO4P2Pd+2. The van der Waals surface area contributed by atoms with Crippen LogP contribution in [0.1, 0.15) is 255 Å². The zero-order valence-electron chi connectivity index (χ0n) is 39.5. The summed E-state index contributed by atoms with van der Waals surface area (Å²) in [5.74, 6) is -2.17. The summed E-state index contributed by atoms with van der Waals surface area (Å²) in [6.07, 6.45) is 46.8. The molecule has 340 valence electrons. The molecule has 58 heavy (non-hydrogen) atoms. The molecule has 0 aromatic carbocycles. The summed E-state index contributed by atoms with van der Waals surface area (Å²) in [5.41, 5.74) is 6.85. The minimum absolute atomic E-state index is 0. The number of nitrogens with zero attached hydrogens (tertiary/aromatic N) is 1. The summed E-state index contributed by atoms with van der Waals surface area (Å²) in [6.45, 7) is 19.4. The maximum absolute atomic E-state index is 8.89. The van der Waals surface area contributed by atoms with Crippen LogP contribution in [-0.4, -0.2) is 56.2 Å². The van der Waals surface area contributed by atoms with E-state index in [4.69, 9.17) is 25.1 Å². The standard InChI is InChI=1S/2C22H42P.C2H3N.2C2H4O2.Pd/c2*1-22(2,3)23(19-13-7-4-8-14-19,20-15-9-5-10-16-20)21-17-11-6-12-18-21;1-2-3;2*1-2(3)4;/h2*19-21H,4-18H2,1-3H3;1H3;2*1H3,(H,3,4);/q2*+1;;;;+2/p-2. The largest absolute Gasteiger partial charge is 2.00 e. The van der Waals surface area contributed by atoms with Crippen molar-refractivity contribution in [2.75, 3.05) is 0 Å². The van der Waals surface area contributed by atoms with E-state index in [1.54, 1.807) is 160 Å². The van der Waals surface area contributed by atoms with Crippen molar-refractivity contribution in [1.29, 1.82) is 5.26 Å². The molecule has 0 bridgehead atoms. The fraction of sp³-hybridized carbons (Fsp3) is 0.940. The third-order valence-corrected chi connectivity index (χ3v) is 30.4. The summed E-state index contributed by atoms with van der Waals surface area (Å²) in [4.78, 5) is 17.8. The van der Waals surface area contributed by atoms with Gasteiger partial charge in [0.15, 0.2) is 0 Å². The Balaban J connectivity index is 0.000000457. The van der Waals surface area contributed by atoms with Crippen LogP contribution in [-0.2, 0) is 30.0 Å². The first-order valence-corrected chi connectivity index (χ1v) is 28.4. The van der Waals surface area contributed by atoms with Crippen molar-refractivity contribution >= 4 is 26.5 Å². The molecule has 0 atom stereocenters. The Morgan fingerprint density at radius 1 is 0.414 bits per heavy atom. The van der Waals surface area contributed by atoms with Gasteiger partial charge >= 0.3 is 20.4 Å². The van der Waals surface area contributed by atoms with Crippen molar-refractivity contribution in [3.05, 3.63) is 0 Å². The first-order valence-electron chi connectivity index (χ1n) is 24.4. The molecule has 5 nitrogen and oxygen atoms in total. The van der Waals surface area contributed by atoms with Crippen LogP contribution in [0.25, 0.3) is 0 Å². The maximum atomic E-state index is 8.89. The number of rotatable bonds is 6. The molecule has 0 N–H and O–H groups in total. The molecule has 6 fully saturated rings. The molecule has 0 spiro atoms. The van der Waals surface area contributed by atoms with E-state index in [9.17, 15) is 0 Å². The van der Waals surface area contributed by atoms with Gasteiger partial charge in [-0.2, -0.15) is 5.26 Å². The second-order valence-corrected chi connectivity index (χ2v) is 31.4. The van der Waals surface area contributed by atoms with Gasteiger partial charge in [-0.05, 0) is 209 Å². The molecule has 0 saturated heterocycles. The summed E-state index contributed by atoms with van der Waals surface area (Å²) in [5, 5.41) is 26.3. The second kappa shape index (κ2) is 28.6. The molecule has 0 aliphatic heterocycles. The Bertz CT molecular complexity index is 956. The summed E-state index contributed by atoms with van der Waals surface area (Å²) in [7, 11) is -1.81. The van der Waals surface area contributed by atoms with Crippen LogP contribution in [0.2, 0.25) is 0 Å². The third kappa shape index (κ3) is 16.3. The quantitative estimate of drug-likeness (QED) is 0.195.